The lowest BCUT2D eigenvalue weighted by Gasteiger charge is -2.11. The van der Waals surface area contributed by atoms with Crippen LogP contribution < -0.4 is 21.3 Å². The first-order valence-corrected chi connectivity index (χ1v) is 10.5. The monoisotopic (exact) mass is 454 g/mol. The first-order chi connectivity index (χ1) is 16.6. The van der Waals surface area contributed by atoms with E-state index in [1.807, 2.05) is 6.07 Å². The van der Waals surface area contributed by atoms with E-state index in [1.54, 1.807) is 84.9 Å². The molecule has 0 spiro atoms. The van der Waals surface area contributed by atoms with Crippen LogP contribution >= 0.6 is 0 Å². The van der Waals surface area contributed by atoms with Crippen molar-refractivity contribution in [3.05, 3.63) is 109 Å². The molecule has 1 heterocycles. The first-order valence-electron chi connectivity index (χ1n) is 10.5. The molecule has 1 aromatic heterocycles. The van der Waals surface area contributed by atoms with Crippen molar-refractivity contribution in [1.82, 2.24) is 0 Å². The molecule has 4 N–H and O–H groups in total. The number of carbonyl (C=O) groups is 3. The third kappa shape index (κ3) is 6.10. The SMILES string of the molecule is O=C(CNc1cccc(NC(=O)c2ccco2)c1)Nc1cccc(NC(=O)c2ccccc2)c1. The van der Waals surface area contributed by atoms with Crippen LogP contribution in [0.5, 0.6) is 0 Å². The van der Waals surface area contributed by atoms with Crippen LogP contribution in [0.2, 0.25) is 0 Å². The maximum absolute atomic E-state index is 12.4. The molecular weight excluding hydrogens is 432 g/mol. The zero-order valence-electron chi connectivity index (χ0n) is 18.1. The number of amides is 3. The van der Waals surface area contributed by atoms with Gasteiger partial charge < -0.3 is 25.7 Å². The Kier molecular flexibility index (Phi) is 7.00. The largest absolute Gasteiger partial charge is 0.459 e. The molecule has 4 rings (SSSR count). The number of carbonyl (C=O) groups excluding carboxylic acids is 3. The van der Waals surface area contributed by atoms with Crippen LogP contribution in [0.25, 0.3) is 0 Å². The number of hydrogen-bond donors (Lipinski definition) is 4. The number of hydrogen-bond acceptors (Lipinski definition) is 5. The minimum atomic E-state index is -0.362. The van der Waals surface area contributed by atoms with Crippen molar-refractivity contribution in [2.45, 2.75) is 0 Å². The van der Waals surface area contributed by atoms with Gasteiger partial charge in [0.1, 0.15) is 0 Å². The second kappa shape index (κ2) is 10.6. The van der Waals surface area contributed by atoms with Crippen LogP contribution in [0.15, 0.2) is 102 Å². The normalized spacial score (nSPS) is 10.2. The molecule has 34 heavy (non-hydrogen) atoms. The van der Waals surface area contributed by atoms with Crippen LogP contribution in [0.4, 0.5) is 22.7 Å². The van der Waals surface area contributed by atoms with E-state index in [1.165, 1.54) is 6.26 Å². The lowest BCUT2D eigenvalue weighted by molar-refractivity contribution is -0.114. The molecule has 3 amide bonds. The lowest BCUT2D eigenvalue weighted by atomic mass is 10.2. The summed E-state index contributed by atoms with van der Waals surface area (Å²) in [6.45, 7) is 0.0101. The molecule has 0 aliphatic heterocycles. The number of nitrogens with one attached hydrogen (secondary N) is 4. The van der Waals surface area contributed by atoms with Gasteiger partial charge in [-0.2, -0.15) is 0 Å². The number of benzene rings is 3. The van der Waals surface area contributed by atoms with Crippen LogP contribution in [0.1, 0.15) is 20.9 Å². The number of rotatable bonds is 8. The van der Waals surface area contributed by atoms with Crippen molar-refractivity contribution in [2.75, 3.05) is 27.8 Å². The minimum absolute atomic E-state index is 0.0101. The van der Waals surface area contributed by atoms with E-state index in [2.05, 4.69) is 21.3 Å². The molecule has 8 heteroatoms. The zero-order chi connectivity index (χ0) is 23.8. The second-order valence-corrected chi connectivity index (χ2v) is 7.31. The summed E-state index contributed by atoms with van der Waals surface area (Å²) in [5, 5.41) is 11.4. The van der Waals surface area contributed by atoms with Crippen LogP contribution in [-0.4, -0.2) is 24.3 Å². The summed E-state index contributed by atoms with van der Waals surface area (Å²) in [6.07, 6.45) is 1.43. The fourth-order valence-electron chi connectivity index (χ4n) is 3.16. The van der Waals surface area contributed by atoms with Gasteiger partial charge in [-0.3, -0.25) is 14.4 Å². The average Bonchev–Trinajstić information content (AvgIpc) is 3.39. The van der Waals surface area contributed by atoms with Gasteiger partial charge >= 0.3 is 0 Å². The summed E-state index contributed by atoms with van der Waals surface area (Å²) < 4.78 is 5.08. The highest BCUT2D eigenvalue weighted by atomic mass is 16.3. The van der Waals surface area contributed by atoms with Crippen LogP contribution in [0.3, 0.4) is 0 Å². The molecule has 0 saturated carbocycles. The van der Waals surface area contributed by atoms with E-state index in [9.17, 15) is 14.4 Å². The lowest BCUT2D eigenvalue weighted by Crippen LogP contribution is -2.22. The smallest absolute Gasteiger partial charge is 0.291 e. The third-order valence-electron chi connectivity index (χ3n) is 4.76. The Bertz CT molecular complexity index is 1290. The molecular formula is C26H22N4O4. The van der Waals surface area contributed by atoms with Gasteiger partial charge in [-0.1, -0.05) is 30.3 Å². The Morgan fingerprint density at radius 2 is 1.24 bits per heavy atom. The minimum Gasteiger partial charge on any atom is -0.459 e. The summed E-state index contributed by atoms with van der Waals surface area (Å²) in [4.78, 5) is 36.9. The summed E-state index contributed by atoms with van der Waals surface area (Å²) in [5.74, 6) is -0.652. The second-order valence-electron chi connectivity index (χ2n) is 7.31. The summed E-state index contributed by atoms with van der Waals surface area (Å²) in [7, 11) is 0. The van der Waals surface area contributed by atoms with Crippen LogP contribution in [-0.2, 0) is 4.79 Å². The van der Waals surface area contributed by atoms with Gasteiger partial charge in [0.2, 0.25) is 5.91 Å². The molecule has 0 unspecified atom stereocenters. The van der Waals surface area contributed by atoms with Crippen molar-refractivity contribution < 1.29 is 18.8 Å². The molecule has 0 bridgehead atoms. The quantitative estimate of drug-likeness (QED) is 0.305. The van der Waals surface area contributed by atoms with Crippen LogP contribution in [0, 0.1) is 0 Å². The molecule has 0 fully saturated rings. The van der Waals surface area contributed by atoms with E-state index in [0.29, 0.717) is 28.3 Å². The van der Waals surface area contributed by atoms with Crippen molar-refractivity contribution in [2.24, 2.45) is 0 Å². The van der Waals surface area contributed by atoms with Gasteiger partial charge in [0.05, 0.1) is 12.8 Å². The van der Waals surface area contributed by atoms with E-state index >= 15 is 0 Å². The van der Waals surface area contributed by atoms with Crippen molar-refractivity contribution in [3.63, 3.8) is 0 Å². The van der Waals surface area contributed by atoms with E-state index in [-0.39, 0.29) is 30.0 Å². The van der Waals surface area contributed by atoms with Crippen molar-refractivity contribution in [1.29, 1.82) is 0 Å². The Labute approximate surface area is 196 Å². The number of furan rings is 1. The highest BCUT2D eigenvalue weighted by Crippen LogP contribution is 2.18. The van der Waals surface area contributed by atoms with Gasteiger partial charge in [-0.05, 0) is 60.7 Å². The summed E-state index contributed by atoms with van der Waals surface area (Å²) in [6, 6.07) is 26.0. The maximum atomic E-state index is 12.4. The fraction of sp³-hybridized carbons (Fsp3) is 0.0385. The third-order valence-corrected chi connectivity index (χ3v) is 4.76. The predicted molar refractivity (Wildman–Crippen MR) is 131 cm³/mol. The predicted octanol–water partition coefficient (Wildman–Crippen LogP) is 4.83. The average molecular weight is 454 g/mol. The Balaban J connectivity index is 1.30. The molecule has 0 radical (unpaired) electrons. The van der Waals surface area contributed by atoms with Gasteiger partial charge in [0, 0.05) is 28.3 Å². The molecule has 0 aliphatic carbocycles. The van der Waals surface area contributed by atoms with E-state index < -0.39 is 0 Å². The molecule has 8 nitrogen and oxygen atoms in total. The molecule has 4 aromatic rings. The fourth-order valence-corrected chi connectivity index (χ4v) is 3.16. The summed E-state index contributed by atoms with van der Waals surface area (Å²) >= 11 is 0. The Morgan fingerprint density at radius 3 is 1.91 bits per heavy atom. The highest BCUT2D eigenvalue weighted by molar-refractivity contribution is 6.05. The van der Waals surface area contributed by atoms with Gasteiger partial charge in [0.15, 0.2) is 5.76 Å². The first kappa shape index (κ1) is 22.3. The Morgan fingerprint density at radius 1 is 0.618 bits per heavy atom. The zero-order valence-corrected chi connectivity index (χ0v) is 18.1. The summed E-state index contributed by atoms with van der Waals surface area (Å²) in [5.41, 5.74) is 2.89. The molecule has 170 valence electrons. The van der Waals surface area contributed by atoms with Crippen molar-refractivity contribution in [3.8, 4) is 0 Å². The van der Waals surface area contributed by atoms with Crippen molar-refractivity contribution >= 4 is 40.5 Å². The van der Waals surface area contributed by atoms with Gasteiger partial charge in [0.25, 0.3) is 11.8 Å². The number of anilines is 4. The molecule has 0 aliphatic rings. The topological polar surface area (TPSA) is 112 Å². The Hall–Kier alpha value is -4.85. The molecule has 0 atom stereocenters. The standard InChI is InChI=1S/C26H22N4O4/c31-24(17-27-19-9-4-11-21(15-19)30-26(33)23-13-6-14-34-23)28-20-10-5-12-22(16-20)29-25(32)18-7-2-1-3-8-18/h1-16,27H,17H2,(H,28,31)(H,29,32)(H,30,33). The maximum Gasteiger partial charge on any atom is 0.291 e. The molecule has 0 saturated heterocycles. The molecule has 3 aromatic carbocycles. The highest BCUT2D eigenvalue weighted by Gasteiger charge is 2.10. The van der Waals surface area contributed by atoms with E-state index in [0.717, 1.165) is 0 Å². The van der Waals surface area contributed by atoms with Gasteiger partial charge in [-0.25, -0.2) is 0 Å². The van der Waals surface area contributed by atoms with Gasteiger partial charge in [-0.15, -0.1) is 0 Å². The van der Waals surface area contributed by atoms with E-state index in [4.69, 9.17) is 4.42 Å².